The Labute approximate surface area is 121 Å². The van der Waals surface area contributed by atoms with Gasteiger partial charge < -0.3 is 10.1 Å². The maximum atomic E-state index is 5.76. The Morgan fingerprint density at radius 2 is 2.11 bits per heavy atom. The summed E-state index contributed by atoms with van der Waals surface area (Å²) in [6.45, 7) is 1.88. The predicted octanol–water partition coefficient (Wildman–Crippen LogP) is 3.34. The van der Waals surface area contributed by atoms with Crippen molar-refractivity contribution in [3.05, 3.63) is 0 Å². The fourth-order valence-electron chi connectivity index (χ4n) is 3.43. The van der Waals surface area contributed by atoms with E-state index in [9.17, 15) is 0 Å². The third-order valence-electron chi connectivity index (χ3n) is 4.65. The number of ether oxygens (including phenoxy) is 1. The molecule has 1 N–H and O–H groups in total. The van der Waals surface area contributed by atoms with E-state index >= 15 is 0 Å². The van der Waals surface area contributed by atoms with Crippen LogP contribution in [0.1, 0.15) is 57.8 Å². The number of hydrogen-bond acceptors (Lipinski definition) is 3. The van der Waals surface area contributed by atoms with Gasteiger partial charge in [0.15, 0.2) is 5.17 Å². The second kappa shape index (κ2) is 6.49. The zero-order valence-corrected chi connectivity index (χ0v) is 12.6. The van der Waals surface area contributed by atoms with E-state index < -0.39 is 0 Å². The quantitative estimate of drug-likeness (QED) is 0.862. The summed E-state index contributed by atoms with van der Waals surface area (Å²) < 4.78 is 5.76. The summed E-state index contributed by atoms with van der Waals surface area (Å²) in [6, 6.07) is 0. The standard InChI is InChI=1S/C15H26N2OS/c1-3-8-15(9-4-1)12-19-14(17-15)16-10-7-13-6-2-5-11-18-13/h13H,1-12H2,(H,16,17). The Morgan fingerprint density at radius 1 is 1.21 bits per heavy atom. The zero-order chi connectivity index (χ0) is 13.0. The first-order valence-corrected chi connectivity index (χ1v) is 8.92. The van der Waals surface area contributed by atoms with Crippen molar-refractivity contribution >= 4 is 16.9 Å². The summed E-state index contributed by atoms with van der Waals surface area (Å²) in [5.74, 6) is 1.23. The molecule has 1 atom stereocenters. The average molecular weight is 282 g/mol. The number of thioether (sulfide) groups is 1. The van der Waals surface area contributed by atoms with Crippen LogP contribution in [0.25, 0.3) is 0 Å². The molecule has 3 nitrogen and oxygen atoms in total. The summed E-state index contributed by atoms with van der Waals surface area (Å²) in [6.07, 6.45) is 12.2. The summed E-state index contributed by atoms with van der Waals surface area (Å²) in [5, 5.41) is 4.91. The lowest BCUT2D eigenvalue weighted by Gasteiger charge is -2.32. The lowest BCUT2D eigenvalue weighted by Crippen LogP contribution is -2.45. The van der Waals surface area contributed by atoms with E-state index in [1.807, 2.05) is 11.8 Å². The van der Waals surface area contributed by atoms with Crippen LogP contribution in [0.3, 0.4) is 0 Å². The topological polar surface area (TPSA) is 33.6 Å². The molecule has 1 unspecified atom stereocenters. The van der Waals surface area contributed by atoms with E-state index in [1.54, 1.807) is 0 Å². The first-order chi connectivity index (χ1) is 9.36. The number of amidine groups is 1. The highest BCUT2D eigenvalue weighted by Crippen LogP contribution is 2.36. The van der Waals surface area contributed by atoms with Gasteiger partial charge in [0.2, 0.25) is 0 Å². The van der Waals surface area contributed by atoms with Crippen molar-refractivity contribution in [3.8, 4) is 0 Å². The van der Waals surface area contributed by atoms with Crippen LogP contribution in [0.15, 0.2) is 4.99 Å². The molecule has 2 heterocycles. The van der Waals surface area contributed by atoms with Gasteiger partial charge in [-0.15, -0.1) is 0 Å². The van der Waals surface area contributed by atoms with E-state index in [0.717, 1.165) is 19.6 Å². The molecule has 1 saturated carbocycles. The number of aliphatic imine (C=N–C) groups is 1. The SMILES string of the molecule is C1CCC2(CC1)CSC(=NCCC1CCCCO1)N2. The maximum absolute atomic E-state index is 5.76. The largest absolute Gasteiger partial charge is 0.378 e. The smallest absolute Gasteiger partial charge is 0.157 e. The molecule has 2 saturated heterocycles. The van der Waals surface area contributed by atoms with Crippen LogP contribution in [0.5, 0.6) is 0 Å². The van der Waals surface area contributed by atoms with Gasteiger partial charge in [0, 0.05) is 24.4 Å². The average Bonchev–Trinajstić information content (AvgIpc) is 2.84. The lowest BCUT2D eigenvalue weighted by molar-refractivity contribution is 0.0129. The molecule has 0 bridgehead atoms. The van der Waals surface area contributed by atoms with Crippen LogP contribution in [-0.2, 0) is 4.74 Å². The van der Waals surface area contributed by atoms with E-state index in [1.165, 1.54) is 62.3 Å². The van der Waals surface area contributed by atoms with E-state index in [2.05, 4.69) is 5.32 Å². The second-order valence-corrected chi connectivity index (χ2v) is 7.18. The minimum Gasteiger partial charge on any atom is -0.378 e. The van der Waals surface area contributed by atoms with Crippen LogP contribution < -0.4 is 5.32 Å². The van der Waals surface area contributed by atoms with Gasteiger partial charge in [-0.3, -0.25) is 4.99 Å². The van der Waals surface area contributed by atoms with Gasteiger partial charge in [0.25, 0.3) is 0 Å². The van der Waals surface area contributed by atoms with Crippen LogP contribution in [0, 0.1) is 0 Å². The van der Waals surface area contributed by atoms with Crippen LogP contribution in [0.4, 0.5) is 0 Å². The van der Waals surface area contributed by atoms with Gasteiger partial charge >= 0.3 is 0 Å². The summed E-state index contributed by atoms with van der Waals surface area (Å²) in [5.41, 5.74) is 0.392. The normalized spacial score (nSPS) is 32.6. The van der Waals surface area contributed by atoms with E-state index in [-0.39, 0.29) is 0 Å². The molecule has 1 aliphatic carbocycles. The Bertz CT molecular complexity index is 320. The Balaban J connectivity index is 1.43. The molecule has 3 rings (SSSR count). The van der Waals surface area contributed by atoms with Crippen LogP contribution in [0.2, 0.25) is 0 Å². The fourth-order valence-corrected chi connectivity index (χ4v) is 4.68. The van der Waals surface area contributed by atoms with E-state index in [4.69, 9.17) is 9.73 Å². The Kier molecular flexibility index (Phi) is 4.69. The number of rotatable bonds is 3. The molecule has 3 aliphatic rings. The molecule has 0 radical (unpaired) electrons. The molecule has 2 aliphatic heterocycles. The van der Waals surface area contributed by atoms with Gasteiger partial charge in [-0.05, 0) is 38.5 Å². The van der Waals surface area contributed by atoms with Crippen molar-refractivity contribution in [1.82, 2.24) is 5.32 Å². The molecule has 1 spiro atoms. The molecular weight excluding hydrogens is 256 g/mol. The van der Waals surface area contributed by atoms with Gasteiger partial charge in [0.05, 0.1) is 6.10 Å². The van der Waals surface area contributed by atoms with Crippen molar-refractivity contribution in [1.29, 1.82) is 0 Å². The van der Waals surface area contributed by atoms with Crippen LogP contribution >= 0.6 is 11.8 Å². The highest BCUT2D eigenvalue weighted by Gasteiger charge is 2.37. The van der Waals surface area contributed by atoms with Crippen molar-refractivity contribution in [2.45, 2.75) is 69.4 Å². The first kappa shape index (κ1) is 13.7. The third-order valence-corrected chi connectivity index (χ3v) is 5.85. The molecule has 19 heavy (non-hydrogen) atoms. The van der Waals surface area contributed by atoms with E-state index in [0.29, 0.717) is 11.6 Å². The monoisotopic (exact) mass is 282 g/mol. The highest BCUT2D eigenvalue weighted by atomic mass is 32.2. The predicted molar refractivity (Wildman–Crippen MR) is 81.9 cm³/mol. The number of nitrogens with zero attached hydrogens (tertiary/aromatic N) is 1. The molecule has 3 fully saturated rings. The molecular formula is C15H26N2OS. The fraction of sp³-hybridized carbons (Fsp3) is 0.933. The molecule has 4 heteroatoms. The minimum atomic E-state index is 0.392. The second-order valence-electron chi connectivity index (χ2n) is 6.22. The minimum absolute atomic E-state index is 0.392. The molecule has 0 aromatic heterocycles. The number of hydrogen-bond donors (Lipinski definition) is 1. The van der Waals surface area contributed by atoms with Gasteiger partial charge in [-0.25, -0.2) is 0 Å². The van der Waals surface area contributed by atoms with Gasteiger partial charge in [-0.1, -0.05) is 31.0 Å². The van der Waals surface area contributed by atoms with Crippen LogP contribution in [-0.4, -0.2) is 35.7 Å². The van der Waals surface area contributed by atoms with Crippen molar-refractivity contribution in [2.24, 2.45) is 4.99 Å². The third kappa shape index (κ3) is 3.66. The summed E-state index contributed by atoms with van der Waals surface area (Å²) in [7, 11) is 0. The molecule has 108 valence electrons. The van der Waals surface area contributed by atoms with Crippen molar-refractivity contribution in [2.75, 3.05) is 18.9 Å². The van der Waals surface area contributed by atoms with Gasteiger partial charge in [0.1, 0.15) is 0 Å². The summed E-state index contributed by atoms with van der Waals surface area (Å²) in [4.78, 5) is 4.76. The zero-order valence-electron chi connectivity index (χ0n) is 11.8. The Hall–Kier alpha value is -0.220. The highest BCUT2D eigenvalue weighted by molar-refractivity contribution is 8.14. The van der Waals surface area contributed by atoms with Crippen molar-refractivity contribution < 1.29 is 4.74 Å². The van der Waals surface area contributed by atoms with Gasteiger partial charge in [-0.2, -0.15) is 0 Å². The number of nitrogens with one attached hydrogen (secondary N) is 1. The maximum Gasteiger partial charge on any atom is 0.157 e. The molecule has 0 aromatic carbocycles. The lowest BCUT2D eigenvalue weighted by atomic mass is 9.83. The molecule has 0 aromatic rings. The Morgan fingerprint density at radius 3 is 2.89 bits per heavy atom. The summed E-state index contributed by atoms with van der Waals surface area (Å²) >= 11 is 1.93. The molecule has 0 amide bonds. The first-order valence-electron chi connectivity index (χ1n) is 7.93. The van der Waals surface area contributed by atoms with Crippen molar-refractivity contribution in [3.63, 3.8) is 0 Å².